The molecule has 0 saturated heterocycles. The fraction of sp³-hybridized carbons (Fsp3) is 0.143. The van der Waals surface area contributed by atoms with Crippen LogP contribution in [0.5, 0.6) is 0 Å². The molecule has 2 N–H and O–H groups in total. The van der Waals surface area contributed by atoms with Gasteiger partial charge in [-0.05, 0) is 35.7 Å². The molecule has 0 heterocycles. The van der Waals surface area contributed by atoms with Crippen molar-refractivity contribution in [2.75, 3.05) is 0 Å². The highest BCUT2D eigenvalue weighted by Gasteiger charge is 2.13. The summed E-state index contributed by atoms with van der Waals surface area (Å²) in [6.07, 6.45) is 0.0667. The minimum atomic E-state index is -1.01. The number of rotatable bonds is 3. The lowest BCUT2D eigenvalue weighted by Crippen LogP contribution is -2.14. The molecule has 0 fully saturated rings. The molecule has 1 unspecified atom stereocenters. The van der Waals surface area contributed by atoms with Crippen LogP contribution in [-0.2, 0) is 6.42 Å². The lowest BCUT2D eigenvalue weighted by molar-refractivity contribution is 0.504. The highest BCUT2D eigenvalue weighted by Crippen LogP contribution is 2.20. The Morgan fingerprint density at radius 1 is 0.842 bits per heavy atom. The first-order valence-corrected chi connectivity index (χ1v) is 5.62. The molecule has 0 saturated carbocycles. The van der Waals surface area contributed by atoms with Crippen LogP contribution in [-0.4, -0.2) is 0 Å². The van der Waals surface area contributed by atoms with E-state index in [0.29, 0.717) is 5.56 Å². The van der Waals surface area contributed by atoms with Crippen molar-refractivity contribution < 1.29 is 17.6 Å². The number of hydrogen-bond donors (Lipinski definition) is 1. The highest BCUT2D eigenvalue weighted by molar-refractivity contribution is 5.25. The SMILES string of the molecule is NC(Cc1ccc(F)cc1F)c1ccc(F)c(F)c1. The molecule has 0 radical (unpaired) electrons. The van der Waals surface area contributed by atoms with E-state index < -0.39 is 29.3 Å². The summed E-state index contributed by atoms with van der Waals surface area (Å²) in [5, 5.41) is 0. The number of nitrogens with two attached hydrogens (primary N) is 1. The molecule has 1 atom stereocenters. The second kappa shape index (κ2) is 5.40. The van der Waals surface area contributed by atoms with Gasteiger partial charge in [-0.15, -0.1) is 0 Å². The molecule has 0 aromatic heterocycles. The zero-order valence-electron chi connectivity index (χ0n) is 9.84. The van der Waals surface area contributed by atoms with Crippen LogP contribution in [0.3, 0.4) is 0 Å². The highest BCUT2D eigenvalue weighted by atomic mass is 19.2. The van der Waals surface area contributed by atoms with Crippen LogP contribution in [0.4, 0.5) is 17.6 Å². The molecule has 0 amide bonds. The van der Waals surface area contributed by atoms with Crippen LogP contribution >= 0.6 is 0 Å². The second-order valence-corrected chi connectivity index (χ2v) is 4.22. The average molecular weight is 269 g/mol. The summed E-state index contributed by atoms with van der Waals surface area (Å²) < 4.78 is 52.0. The molecule has 2 aromatic carbocycles. The summed E-state index contributed by atoms with van der Waals surface area (Å²) in [6.45, 7) is 0. The van der Waals surface area contributed by atoms with Gasteiger partial charge in [-0.2, -0.15) is 0 Å². The topological polar surface area (TPSA) is 26.0 Å². The zero-order valence-corrected chi connectivity index (χ0v) is 9.84. The van der Waals surface area contributed by atoms with Gasteiger partial charge in [-0.3, -0.25) is 0 Å². The van der Waals surface area contributed by atoms with Gasteiger partial charge < -0.3 is 5.73 Å². The Hall–Kier alpha value is -1.88. The van der Waals surface area contributed by atoms with Gasteiger partial charge in [0.1, 0.15) is 11.6 Å². The van der Waals surface area contributed by atoms with Crippen molar-refractivity contribution in [3.05, 3.63) is 70.8 Å². The Labute approximate surface area is 107 Å². The molecule has 0 aliphatic heterocycles. The van der Waals surface area contributed by atoms with E-state index in [9.17, 15) is 17.6 Å². The summed E-state index contributed by atoms with van der Waals surface area (Å²) in [7, 11) is 0. The fourth-order valence-corrected chi connectivity index (χ4v) is 1.79. The van der Waals surface area contributed by atoms with E-state index in [1.165, 1.54) is 12.1 Å². The molecule has 5 heteroatoms. The van der Waals surface area contributed by atoms with E-state index in [1.54, 1.807) is 0 Å². The molecule has 100 valence electrons. The maximum absolute atomic E-state index is 13.4. The van der Waals surface area contributed by atoms with Gasteiger partial charge in [0.25, 0.3) is 0 Å². The van der Waals surface area contributed by atoms with Crippen molar-refractivity contribution in [1.29, 1.82) is 0 Å². The van der Waals surface area contributed by atoms with Gasteiger partial charge in [0.05, 0.1) is 0 Å². The third kappa shape index (κ3) is 3.12. The summed E-state index contributed by atoms with van der Waals surface area (Å²) in [4.78, 5) is 0. The maximum atomic E-state index is 13.4. The lowest BCUT2D eigenvalue weighted by atomic mass is 9.99. The van der Waals surface area contributed by atoms with Gasteiger partial charge in [0.15, 0.2) is 11.6 Å². The zero-order chi connectivity index (χ0) is 14.0. The standard InChI is InChI=1S/C14H11F4N/c15-10-3-1-8(12(17)7-10)6-14(19)9-2-4-11(16)13(18)5-9/h1-5,7,14H,6,19H2. The van der Waals surface area contributed by atoms with Crippen LogP contribution in [0, 0.1) is 23.3 Å². The Balaban J connectivity index is 2.20. The smallest absolute Gasteiger partial charge is 0.159 e. The lowest BCUT2D eigenvalue weighted by Gasteiger charge is -2.13. The van der Waals surface area contributed by atoms with Crippen molar-refractivity contribution in [2.24, 2.45) is 5.73 Å². The molecule has 19 heavy (non-hydrogen) atoms. The predicted octanol–water partition coefficient (Wildman–Crippen LogP) is 3.49. The van der Waals surface area contributed by atoms with E-state index in [0.717, 1.165) is 24.3 Å². The first-order valence-electron chi connectivity index (χ1n) is 5.62. The Bertz CT molecular complexity index is 598. The van der Waals surface area contributed by atoms with Crippen LogP contribution in [0.25, 0.3) is 0 Å². The van der Waals surface area contributed by atoms with Crippen LogP contribution in [0.2, 0.25) is 0 Å². The van der Waals surface area contributed by atoms with E-state index >= 15 is 0 Å². The minimum absolute atomic E-state index is 0.0667. The predicted molar refractivity (Wildman–Crippen MR) is 63.3 cm³/mol. The van der Waals surface area contributed by atoms with E-state index in [4.69, 9.17) is 5.73 Å². The van der Waals surface area contributed by atoms with E-state index in [1.807, 2.05) is 0 Å². The first-order chi connectivity index (χ1) is 8.97. The molecule has 1 nitrogen and oxygen atoms in total. The summed E-state index contributed by atoms with van der Waals surface area (Å²) in [5.74, 6) is -3.36. The summed E-state index contributed by atoms with van der Waals surface area (Å²) in [6, 6.07) is 5.74. The van der Waals surface area contributed by atoms with Crippen molar-refractivity contribution >= 4 is 0 Å². The molecular formula is C14H11F4N. The van der Waals surface area contributed by atoms with Crippen molar-refractivity contribution in [2.45, 2.75) is 12.5 Å². The van der Waals surface area contributed by atoms with E-state index in [-0.39, 0.29) is 12.0 Å². The number of hydrogen-bond acceptors (Lipinski definition) is 1. The Morgan fingerprint density at radius 2 is 1.58 bits per heavy atom. The Morgan fingerprint density at radius 3 is 2.21 bits per heavy atom. The van der Waals surface area contributed by atoms with Crippen LogP contribution in [0.1, 0.15) is 17.2 Å². The van der Waals surface area contributed by atoms with Gasteiger partial charge in [-0.1, -0.05) is 12.1 Å². The van der Waals surface area contributed by atoms with Crippen LogP contribution < -0.4 is 5.73 Å². The van der Waals surface area contributed by atoms with Crippen molar-refractivity contribution in [1.82, 2.24) is 0 Å². The monoisotopic (exact) mass is 269 g/mol. The van der Waals surface area contributed by atoms with Gasteiger partial charge in [-0.25, -0.2) is 17.6 Å². The molecule has 2 aromatic rings. The number of benzene rings is 2. The van der Waals surface area contributed by atoms with E-state index in [2.05, 4.69) is 0 Å². The van der Waals surface area contributed by atoms with Crippen molar-refractivity contribution in [3.8, 4) is 0 Å². The normalized spacial score (nSPS) is 12.5. The molecule has 0 aliphatic carbocycles. The summed E-state index contributed by atoms with van der Waals surface area (Å²) in [5.41, 5.74) is 6.37. The quantitative estimate of drug-likeness (QED) is 0.848. The van der Waals surface area contributed by atoms with Gasteiger partial charge in [0, 0.05) is 12.1 Å². The molecular weight excluding hydrogens is 258 g/mol. The average Bonchev–Trinajstić information content (AvgIpc) is 2.36. The van der Waals surface area contributed by atoms with Gasteiger partial charge in [0.2, 0.25) is 0 Å². The third-order valence-electron chi connectivity index (χ3n) is 2.83. The maximum Gasteiger partial charge on any atom is 0.159 e. The Kier molecular flexibility index (Phi) is 3.85. The van der Waals surface area contributed by atoms with Crippen LogP contribution in [0.15, 0.2) is 36.4 Å². The van der Waals surface area contributed by atoms with Crippen molar-refractivity contribution in [3.63, 3.8) is 0 Å². The molecule has 2 rings (SSSR count). The summed E-state index contributed by atoms with van der Waals surface area (Å²) >= 11 is 0. The molecule has 0 aliphatic rings. The van der Waals surface area contributed by atoms with Gasteiger partial charge >= 0.3 is 0 Å². The molecule has 0 bridgehead atoms. The third-order valence-corrected chi connectivity index (χ3v) is 2.83. The fourth-order valence-electron chi connectivity index (χ4n) is 1.79. The second-order valence-electron chi connectivity index (χ2n) is 4.22. The minimum Gasteiger partial charge on any atom is -0.324 e. The molecule has 0 spiro atoms. The number of halogens is 4. The first kappa shape index (κ1) is 13.5. The largest absolute Gasteiger partial charge is 0.324 e.